The van der Waals surface area contributed by atoms with Crippen LogP contribution in [0, 0.1) is 0 Å². The third kappa shape index (κ3) is 3.65. The Morgan fingerprint density at radius 1 is 1.20 bits per heavy atom. The lowest BCUT2D eigenvalue weighted by Crippen LogP contribution is -2.38. The summed E-state index contributed by atoms with van der Waals surface area (Å²) in [6.07, 6.45) is 0.880. The number of nitrogens with one attached hydrogen (secondary N) is 1. The molecule has 2 aromatic rings. The Hall–Kier alpha value is -2.82. The van der Waals surface area contributed by atoms with Crippen molar-refractivity contribution in [1.82, 2.24) is 5.32 Å². The quantitative estimate of drug-likeness (QED) is 0.881. The topological polar surface area (TPSA) is 58.6 Å². The summed E-state index contributed by atoms with van der Waals surface area (Å²) in [7, 11) is 0. The first kappa shape index (κ1) is 17.0. The van der Waals surface area contributed by atoms with Crippen LogP contribution in [0.25, 0.3) is 0 Å². The fraction of sp³-hybridized carbons (Fsp3) is 0.300. The van der Waals surface area contributed by atoms with E-state index in [0.29, 0.717) is 13.2 Å². The lowest BCUT2D eigenvalue weighted by atomic mass is 10.0. The second-order valence-electron chi connectivity index (χ2n) is 6.03. The maximum atomic E-state index is 12.8. The molecule has 2 amide bonds. The van der Waals surface area contributed by atoms with Crippen molar-refractivity contribution in [2.45, 2.75) is 26.3 Å². The van der Waals surface area contributed by atoms with Gasteiger partial charge >= 0.3 is 0 Å². The summed E-state index contributed by atoms with van der Waals surface area (Å²) < 4.78 is 5.71. The van der Waals surface area contributed by atoms with Gasteiger partial charge in [0.25, 0.3) is 5.91 Å². The van der Waals surface area contributed by atoms with E-state index in [1.807, 2.05) is 48.5 Å². The van der Waals surface area contributed by atoms with Gasteiger partial charge in [0, 0.05) is 18.2 Å². The second-order valence-corrected chi connectivity index (χ2v) is 6.03. The van der Waals surface area contributed by atoms with Gasteiger partial charge < -0.3 is 15.0 Å². The molecule has 25 heavy (non-hydrogen) atoms. The molecule has 1 unspecified atom stereocenters. The number of para-hydroxylation sites is 1. The highest BCUT2D eigenvalue weighted by atomic mass is 16.5. The van der Waals surface area contributed by atoms with Crippen molar-refractivity contribution in [3.63, 3.8) is 0 Å². The zero-order valence-corrected chi connectivity index (χ0v) is 14.5. The first-order chi connectivity index (χ1) is 12.1. The van der Waals surface area contributed by atoms with Crippen LogP contribution < -0.4 is 15.0 Å². The third-order valence-corrected chi connectivity index (χ3v) is 4.29. The van der Waals surface area contributed by atoms with Gasteiger partial charge in [-0.1, -0.05) is 37.3 Å². The second kappa shape index (κ2) is 7.38. The number of rotatable bonds is 6. The number of aryl methyl sites for hydroxylation is 1. The smallest absolute Gasteiger partial charge is 0.254 e. The molecule has 0 fully saturated rings. The Balaban J connectivity index is 1.78. The van der Waals surface area contributed by atoms with E-state index in [4.69, 9.17) is 4.74 Å². The number of benzene rings is 2. The van der Waals surface area contributed by atoms with Gasteiger partial charge in [-0.3, -0.25) is 9.59 Å². The maximum absolute atomic E-state index is 12.8. The molecule has 1 heterocycles. The van der Waals surface area contributed by atoms with Crippen LogP contribution in [0.15, 0.2) is 48.5 Å². The highest BCUT2D eigenvalue weighted by molar-refractivity contribution is 6.06. The number of fused-ring (bicyclic) bond motifs is 1. The molecule has 0 aromatic heterocycles. The number of carbonyl (C=O) groups is 2. The predicted octanol–water partition coefficient (Wildman–Crippen LogP) is 2.85. The fourth-order valence-corrected chi connectivity index (χ4v) is 3.05. The molecule has 0 bridgehead atoms. The number of nitrogens with zero attached hydrogens (tertiary/aromatic N) is 1. The summed E-state index contributed by atoms with van der Waals surface area (Å²) in [5.41, 5.74) is 2.85. The van der Waals surface area contributed by atoms with Gasteiger partial charge in [-0.25, -0.2) is 0 Å². The van der Waals surface area contributed by atoms with Crippen molar-refractivity contribution in [2.24, 2.45) is 0 Å². The highest BCUT2D eigenvalue weighted by Crippen LogP contribution is 2.36. The largest absolute Gasteiger partial charge is 0.492 e. The average Bonchev–Trinajstić information content (AvgIpc) is 2.87. The van der Waals surface area contributed by atoms with Crippen molar-refractivity contribution in [3.8, 4) is 5.75 Å². The number of hydrogen-bond donors (Lipinski definition) is 1. The van der Waals surface area contributed by atoms with Gasteiger partial charge in [-0.05, 0) is 30.2 Å². The summed E-state index contributed by atoms with van der Waals surface area (Å²) in [4.78, 5) is 26.0. The molecular formula is C20H22N2O3. The van der Waals surface area contributed by atoms with E-state index >= 15 is 0 Å². The zero-order valence-electron chi connectivity index (χ0n) is 14.5. The number of ether oxygens (including phenoxy) is 1. The van der Waals surface area contributed by atoms with Crippen LogP contribution >= 0.6 is 0 Å². The minimum atomic E-state index is -0.615. The molecule has 1 aliphatic heterocycles. The van der Waals surface area contributed by atoms with Crippen LogP contribution in [0.1, 0.15) is 31.0 Å². The van der Waals surface area contributed by atoms with E-state index in [0.717, 1.165) is 29.0 Å². The number of hydrogen-bond acceptors (Lipinski definition) is 3. The molecule has 0 saturated carbocycles. The van der Waals surface area contributed by atoms with Gasteiger partial charge in [-0.15, -0.1) is 0 Å². The van der Waals surface area contributed by atoms with Crippen molar-refractivity contribution < 1.29 is 14.3 Å². The first-order valence-electron chi connectivity index (χ1n) is 8.49. The van der Waals surface area contributed by atoms with Crippen LogP contribution in [-0.2, 0) is 16.0 Å². The van der Waals surface area contributed by atoms with Crippen LogP contribution in [-0.4, -0.2) is 25.0 Å². The normalized spacial score (nSPS) is 15.8. The van der Waals surface area contributed by atoms with E-state index < -0.39 is 6.04 Å². The van der Waals surface area contributed by atoms with Crippen molar-refractivity contribution in [3.05, 3.63) is 59.7 Å². The van der Waals surface area contributed by atoms with E-state index in [1.165, 1.54) is 6.92 Å². The highest BCUT2D eigenvalue weighted by Gasteiger charge is 2.37. The third-order valence-electron chi connectivity index (χ3n) is 4.29. The molecule has 0 radical (unpaired) electrons. The lowest BCUT2D eigenvalue weighted by Gasteiger charge is -2.18. The summed E-state index contributed by atoms with van der Waals surface area (Å²) in [6.45, 7) is 4.31. The van der Waals surface area contributed by atoms with Gasteiger partial charge in [0.05, 0.1) is 6.54 Å². The first-order valence-corrected chi connectivity index (χ1v) is 8.49. The molecule has 0 aliphatic carbocycles. The molecule has 0 saturated heterocycles. The van der Waals surface area contributed by atoms with E-state index in [9.17, 15) is 9.59 Å². The Morgan fingerprint density at radius 3 is 2.64 bits per heavy atom. The predicted molar refractivity (Wildman–Crippen MR) is 96.7 cm³/mol. The van der Waals surface area contributed by atoms with Crippen LogP contribution in [0.2, 0.25) is 0 Å². The van der Waals surface area contributed by atoms with Crippen molar-refractivity contribution in [2.75, 3.05) is 18.1 Å². The molecule has 1 atom stereocenters. The number of amides is 2. The van der Waals surface area contributed by atoms with Gasteiger partial charge in [0.2, 0.25) is 5.91 Å². The molecule has 130 valence electrons. The molecule has 5 heteroatoms. The number of carbonyl (C=O) groups excluding carboxylic acids is 2. The van der Waals surface area contributed by atoms with Crippen molar-refractivity contribution in [1.29, 1.82) is 0 Å². The summed E-state index contributed by atoms with van der Waals surface area (Å²) in [5, 5.41) is 2.77. The van der Waals surface area contributed by atoms with E-state index in [1.54, 1.807) is 4.90 Å². The minimum absolute atomic E-state index is 0.116. The molecule has 1 aliphatic rings. The summed E-state index contributed by atoms with van der Waals surface area (Å²) in [6, 6.07) is 14.9. The van der Waals surface area contributed by atoms with Crippen LogP contribution in [0.4, 0.5) is 5.69 Å². The minimum Gasteiger partial charge on any atom is -0.492 e. The van der Waals surface area contributed by atoms with E-state index in [2.05, 4.69) is 12.2 Å². The van der Waals surface area contributed by atoms with Crippen LogP contribution in [0.3, 0.4) is 0 Å². The average molecular weight is 338 g/mol. The molecular weight excluding hydrogens is 316 g/mol. The van der Waals surface area contributed by atoms with E-state index in [-0.39, 0.29) is 11.8 Å². The zero-order chi connectivity index (χ0) is 17.8. The molecule has 0 spiro atoms. The molecule has 3 rings (SSSR count). The maximum Gasteiger partial charge on any atom is 0.254 e. The Bertz CT molecular complexity index is 774. The summed E-state index contributed by atoms with van der Waals surface area (Å²) >= 11 is 0. The molecule has 2 aromatic carbocycles. The van der Waals surface area contributed by atoms with Crippen molar-refractivity contribution >= 4 is 17.5 Å². The fourth-order valence-electron chi connectivity index (χ4n) is 3.05. The number of anilines is 1. The van der Waals surface area contributed by atoms with Gasteiger partial charge in [-0.2, -0.15) is 0 Å². The monoisotopic (exact) mass is 338 g/mol. The standard InChI is InChI=1S/C20H22N2O3/c1-3-15-9-10-18-17(13-15)19(21-14(2)23)20(24)22(18)11-12-25-16-7-5-4-6-8-16/h4-10,13,19H,3,11-12H2,1-2H3,(H,21,23). The SMILES string of the molecule is CCc1ccc2c(c1)C(NC(C)=O)C(=O)N2CCOc1ccccc1. The Kier molecular flexibility index (Phi) is 5.03. The molecule has 5 nitrogen and oxygen atoms in total. The Morgan fingerprint density at radius 2 is 1.96 bits per heavy atom. The van der Waals surface area contributed by atoms with Crippen LogP contribution in [0.5, 0.6) is 5.75 Å². The Labute approximate surface area is 147 Å². The van der Waals surface area contributed by atoms with Gasteiger partial charge in [0.1, 0.15) is 18.4 Å². The van der Waals surface area contributed by atoms with Gasteiger partial charge in [0.15, 0.2) is 0 Å². The summed E-state index contributed by atoms with van der Waals surface area (Å²) in [5.74, 6) is 0.442. The molecule has 1 N–H and O–H groups in total. The lowest BCUT2D eigenvalue weighted by molar-refractivity contribution is -0.126.